The largest absolute Gasteiger partial charge is 0.451 e. The van der Waals surface area contributed by atoms with Crippen molar-refractivity contribution in [3.05, 3.63) is 95.7 Å². The van der Waals surface area contributed by atoms with Gasteiger partial charge >= 0.3 is 0 Å². The number of nitrogens with one attached hydrogen (secondary N) is 3. The molecule has 6 nitrogen and oxygen atoms in total. The van der Waals surface area contributed by atoms with Crippen LogP contribution in [0.4, 0.5) is 11.4 Å². The van der Waals surface area contributed by atoms with Crippen LogP contribution < -0.4 is 16.0 Å². The number of para-hydroxylation sites is 1. The maximum atomic E-state index is 12.4. The Kier molecular flexibility index (Phi) is 5.77. The molecule has 3 N–H and O–H groups in total. The van der Waals surface area contributed by atoms with Crippen molar-refractivity contribution in [1.29, 1.82) is 0 Å². The zero-order valence-electron chi connectivity index (χ0n) is 16.6. The highest BCUT2D eigenvalue weighted by molar-refractivity contribution is 7.80. The molecule has 0 aliphatic carbocycles. The number of rotatable bonds is 4. The molecule has 0 radical (unpaired) electrons. The summed E-state index contributed by atoms with van der Waals surface area (Å²) in [6.07, 6.45) is 0. The van der Waals surface area contributed by atoms with Crippen molar-refractivity contribution in [2.24, 2.45) is 0 Å². The summed E-state index contributed by atoms with van der Waals surface area (Å²) >= 11 is 5.23. The molecule has 0 saturated carbocycles. The first-order valence-corrected chi connectivity index (χ1v) is 9.98. The Hall–Kier alpha value is -3.97. The maximum Gasteiger partial charge on any atom is 0.291 e. The number of anilines is 2. The van der Waals surface area contributed by atoms with Gasteiger partial charge in [0, 0.05) is 22.3 Å². The molecule has 0 fully saturated rings. The summed E-state index contributed by atoms with van der Waals surface area (Å²) in [7, 11) is 0. The molecular weight excluding hydrogens is 410 g/mol. The number of carbonyl (C=O) groups is 2. The Morgan fingerprint density at radius 1 is 0.806 bits per heavy atom. The maximum absolute atomic E-state index is 12.4. The fourth-order valence-electron chi connectivity index (χ4n) is 3.08. The van der Waals surface area contributed by atoms with Gasteiger partial charge in [0.2, 0.25) is 0 Å². The van der Waals surface area contributed by atoms with Gasteiger partial charge in [-0.25, -0.2) is 0 Å². The quantitative estimate of drug-likeness (QED) is 0.392. The molecule has 1 heterocycles. The number of amides is 2. The highest BCUT2D eigenvalue weighted by Crippen LogP contribution is 2.20. The van der Waals surface area contributed by atoms with Crippen molar-refractivity contribution >= 4 is 51.5 Å². The van der Waals surface area contributed by atoms with Crippen LogP contribution in [0.1, 0.15) is 26.5 Å². The predicted molar refractivity (Wildman–Crippen MR) is 125 cm³/mol. The second kappa shape index (κ2) is 8.81. The SMILES string of the molecule is Cc1ccccc1C(=O)NC(=S)Nc1ccc(NC(=O)c2cc3ccccc3o2)cc1. The third-order valence-electron chi connectivity index (χ3n) is 4.67. The molecule has 0 saturated heterocycles. The fraction of sp³-hybridized carbons (Fsp3) is 0.0417. The van der Waals surface area contributed by atoms with Crippen LogP contribution in [0.2, 0.25) is 0 Å². The van der Waals surface area contributed by atoms with Crippen LogP contribution in [-0.4, -0.2) is 16.9 Å². The van der Waals surface area contributed by atoms with Crippen molar-refractivity contribution < 1.29 is 14.0 Å². The summed E-state index contributed by atoms with van der Waals surface area (Å²) in [5.74, 6) is -0.369. The van der Waals surface area contributed by atoms with Gasteiger partial charge in [-0.15, -0.1) is 0 Å². The van der Waals surface area contributed by atoms with Crippen LogP contribution in [0, 0.1) is 6.92 Å². The van der Waals surface area contributed by atoms with Gasteiger partial charge in [-0.2, -0.15) is 0 Å². The Morgan fingerprint density at radius 2 is 1.45 bits per heavy atom. The Morgan fingerprint density at radius 3 is 2.16 bits per heavy atom. The zero-order chi connectivity index (χ0) is 21.8. The highest BCUT2D eigenvalue weighted by Gasteiger charge is 2.13. The van der Waals surface area contributed by atoms with E-state index in [4.69, 9.17) is 16.6 Å². The van der Waals surface area contributed by atoms with E-state index < -0.39 is 0 Å². The van der Waals surface area contributed by atoms with Crippen LogP contribution in [0.5, 0.6) is 0 Å². The molecule has 0 bridgehead atoms. The first kappa shape index (κ1) is 20.3. The van der Waals surface area contributed by atoms with Gasteiger partial charge in [-0.05, 0) is 67.2 Å². The first-order valence-electron chi connectivity index (χ1n) is 9.57. The van der Waals surface area contributed by atoms with Gasteiger partial charge in [-0.3, -0.25) is 14.9 Å². The number of furan rings is 1. The lowest BCUT2D eigenvalue weighted by molar-refractivity contribution is 0.0974. The van der Waals surface area contributed by atoms with Crippen LogP contribution in [0.3, 0.4) is 0 Å². The van der Waals surface area contributed by atoms with E-state index in [1.165, 1.54) is 0 Å². The second-order valence-corrected chi connectivity index (χ2v) is 7.31. The van der Waals surface area contributed by atoms with E-state index in [2.05, 4.69) is 16.0 Å². The minimum absolute atomic E-state index is 0.187. The van der Waals surface area contributed by atoms with Gasteiger partial charge in [0.15, 0.2) is 10.9 Å². The summed E-state index contributed by atoms with van der Waals surface area (Å²) in [5.41, 5.74) is 3.37. The summed E-state index contributed by atoms with van der Waals surface area (Å²) in [5, 5.41) is 9.48. The lowest BCUT2D eigenvalue weighted by Gasteiger charge is -2.11. The molecule has 0 aliphatic heterocycles. The van der Waals surface area contributed by atoms with E-state index in [1.54, 1.807) is 42.5 Å². The number of hydrogen-bond acceptors (Lipinski definition) is 4. The van der Waals surface area contributed by atoms with E-state index in [1.807, 2.05) is 43.3 Å². The van der Waals surface area contributed by atoms with Gasteiger partial charge in [0.25, 0.3) is 11.8 Å². The second-order valence-electron chi connectivity index (χ2n) is 6.90. The molecule has 0 unspecified atom stereocenters. The third-order valence-corrected chi connectivity index (χ3v) is 4.87. The van der Waals surface area contributed by atoms with E-state index in [9.17, 15) is 9.59 Å². The van der Waals surface area contributed by atoms with Crippen LogP contribution >= 0.6 is 12.2 Å². The zero-order valence-corrected chi connectivity index (χ0v) is 17.5. The average molecular weight is 430 g/mol. The molecule has 1 aromatic heterocycles. The molecule has 0 atom stereocenters. The van der Waals surface area contributed by atoms with Crippen molar-refractivity contribution in [1.82, 2.24) is 5.32 Å². The summed E-state index contributed by atoms with van der Waals surface area (Å²) < 4.78 is 5.58. The van der Waals surface area contributed by atoms with Crippen molar-refractivity contribution in [2.45, 2.75) is 6.92 Å². The molecular formula is C24H19N3O3S. The van der Waals surface area contributed by atoms with Crippen LogP contribution in [-0.2, 0) is 0 Å². The molecule has 0 aliphatic rings. The van der Waals surface area contributed by atoms with Gasteiger partial charge < -0.3 is 15.1 Å². The minimum atomic E-state index is -0.335. The van der Waals surface area contributed by atoms with Crippen LogP contribution in [0.25, 0.3) is 11.0 Å². The number of carbonyl (C=O) groups excluding carboxylic acids is 2. The first-order chi connectivity index (χ1) is 15.0. The summed E-state index contributed by atoms with van der Waals surface area (Å²) in [6.45, 7) is 1.86. The van der Waals surface area contributed by atoms with Gasteiger partial charge in [0.05, 0.1) is 0 Å². The predicted octanol–water partition coefficient (Wildman–Crippen LogP) is 5.12. The van der Waals surface area contributed by atoms with Crippen molar-refractivity contribution in [3.63, 3.8) is 0 Å². The van der Waals surface area contributed by atoms with E-state index in [0.717, 1.165) is 10.9 Å². The van der Waals surface area contributed by atoms with E-state index >= 15 is 0 Å². The average Bonchev–Trinajstić information content (AvgIpc) is 3.20. The Labute approximate surface area is 184 Å². The molecule has 0 spiro atoms. The molecule has 3 aromatic carbocycles. The fourth-order valence-corrected chi connectivity index (χ4v) is 3.29. The smallest absolute Gasteiger partial charge is 0.291 e. The van der Waals surface area contributed by atoms with Crippen LogP contribution in [0.15, 0.2) is 83.3 Å². The third kappa shape index (κ3) is 4.79. The van der Waals surface area contributed by atoms with Crippen molar-refractivity contribution in [2.75, 3.05) is 10.6 Å². The van der Waals surface area contributed by atoms with Gasteiger partial charge in [-0.1, -0.05) is 36.4 Å². The molecule has 154 valence electrons. The monoisotopic (exact) mass is 429 g/mol. The molecule has 7 heteroatoms. The number of fused-ring (bicyclic) bond motifs is 1. The summed E-state index contributed by atoms with van der Waals surface area (Å²) in [6, 6.07) is 23.4. The van der Waals surface area contributed by atoms with Gasteiger partial charge in [0.1, 0.15) is 5.58 Å². The minimum Gasteiger partial charge on any atom is -0.451 e. The molecule has 2 amide bonds. The standard InChI is InChI=1S/C24H19N3O3S/c1-15-6-2-4-8-19(15)22(28)27-24(31)26-18-12-10-17(11-13-18)25-23(29)21-14-16-7-3-5-9-20(16)30-21/h2-14H,1H3,(H,25,29)(H2,26,27,28,31). The lowest BCUT2D eigenvalue weighted by Crippen LogP contribution is -2.34. The van der Waals surface area contributed by atoms with E-state index in [0.29, 0.717) is 22.5 Å². The normalized spacial score (nSPS) is 10.5. The van der Waals surface area contributed by atoms with Crippen molar-refractivity contribution in [3.8, 4) is 0 Å². The highest BCUT2D eigenvalue weighted by atomic mass is 32.1. The summed E-state index contributed by atoms with van der Waals surface area (Å²) in [4.78, 5) is 24.8. The number of aryl methyl sites for hydroxylation is 1. The molecule has 4 aromatic rings. The number of thiocarbonyl (C=S) groups is 1. The molecule has 31 heavy (non-hydrogen) atoms. The molecule has 4 rings (SSSR count). The Balaban J connectivity index is 1.35. The lowest BCUT2D eigenvalue weighted by atomic mass is 10.1. The number of benzene rings is 3. The van der Waals surface area contributed by atoms with E-state index in [-0.39, 0.29) is 22.7 Å². The number of hydrogen-bond donors (Lipinski definition) is 3. The topological polar surface area (TPSA) is 83.4 Å². The Bertz CT molecular complexity index is 1250.